The van der Waals surface area contributed by atoms with Crippen molar-refractivity contribution in [2.45, 2.75) is 18.6 Å². The second kappa shape index (κ2) is 3.71. The molecule has 1 aromatic heterocycles. The molecule has 0 aliphatic carbocycles. The van der Waals surface area contributed by atoms with Crippen LogP contribution in [0.2, 0.25) is 0 Å². The molecule has 1 aromatic rings. The van der Waals surface area contributed by atoms with Crippen LogP contribution < -0.4 is 5.32 Å². The van der Waals surface area contributed by atoms with Gasteiger partial charge in [0.25, 0.3) is 0 Å². The fourth-order valence-corrected chi connectivity index (χ4v) is 4.70. The van der Waals surface area contributed by atoms with Crippen molar-refractivity contribution in [3.8, 4) is 0 Å². The van der Waals surface area contributed by atoms with Gasteiger partial charge in [-0.2, -0.15) is 0 Å². The highest BCUT2D eigenvalue weighted by Gasteiger charge is 2.47. The summed E-state index contributed by atoms with van der Waals surface area (Å²) in [6.45, 7) is 0.523. The Labute approximate surface area is 105 Å². The fraction of sp³-hybridized carbons (Fsp3) is 0.500. The van der Waals surface area contributed by atoms with Gasteiger partial charge in [0.15, 0.2) is 14.9 Å². The summed E-state index contributed by atoms with van der Waals surface area (Å²) in [5.41, 5.74) is 0. The number of hydrogen-bond donors (Lipinski definition) is 1. The van der Waals surface area contributed by atoms with Crippen molar-refractivity contribution in [1.82, 2.24) is 10.2 Å². The second-order valence-corrected chi connectivity index (χ2v) is 6.95. The van der Waals surface area contributed by atoms with Crippen molar-refractivity contribution in [3.63, 3.8) is 0 Å². The number of sulfone groups is 1. The van der Waals surface area contributed by atoms with E-state index in [9.17, 15) is 8.42 Å². The van der Waals surface area contributed by atoms with Gasteiger partial charge in [0.1, 0.15) is 5.76 Å². The number of nitrogens with one attached hydrogen (secondary N) is 1. The zero-order valence-corrected chi connectivity index (χ0v) is 10.6. The fourth-order valence-electron chi connectivity index (χ4n) is 2.43. The van der Waals surface area contributed by atoms with E-state index in [1.807, 2.05) is 17.0 Å². The molecular formula is C10H12N2O3S2. The maximum Gasteiger partial charge on any atom is 0.170 e. The molecule has 0 spiro atoms. The van der Waals surface area contributed by atoms with E-state index in [1.54, 1.807) is 6.26 Å². The lowest BCUT2D eigenvalue weighted by Gasteiger charge is -2.21. The maximum atomic E-state index is 11.6. The second-order valence-electron chi connectivity index (χ2n) is 4.41. The monoisotopic (exact) mass is 272 g/mol. The summed E-state index contributed by atoms with van der Waals surface area (Å²) in [6, 6.07) is 3.55. The minimum Gasteiger partial charge on any atom is -0.467 e. The Kier molecular flexibility index (Phi) is 2.41. The van der Waals surface area contributed by atoms with Gasteiger partial charge in [-0.15, -0.1) is 0 Å². The normalized spacial score (nSPS) is 30.4. The minimum absolute atomic E-state index is 0.0578. The summed E-state index contributed by atoms with van der Waals surface area (Å²) < 4.78 is 28.4. The van der Waals surface area contributed by atoms with Crippen molar-refractivity contribution >= 4 is 27.2 Å². The molecule has 2 aliphatic rings. The average Bonchev–Trinajstić information content (AvgIpc) is 2.87. The molecule has 0 radical (unpaired) electrons. The third-order valence-electron chi connectivity index (χ3n) is 3.20. The van der Waals surface area contributed by atoms with Crippen LogP contribution in [-0.4, -0.2) is 42.0 Å². The number of thiocarbonyl (C=S) groups is 1. The highest BCUT2D eigenvalue weighted by atomic mass is 32.2. The van der Waals surface area contributed by atoms with Gasteiger partial charge in [-0.05, 0) is 24.4 Å². The number of fused-ring (bicyclic) bond motifs is 1. The number of rotatable bonds is 2. The predicted molar refractivity (Wildman–Crippen MR) is 66.2 cm³/mol. The van der Waals surface area contributed by atoms with Crippen LogP contribution in [0.1, 0.15) is 5.76 Å². The topological polar surface area (TPSA) is 62.6 Å². The molecule has 92 valence electrons. The molecule has 2 unspecified atom stereocenters. The summed E-state index contributed by atoms with van der Waals surface area (Å²) in [7, 11) is -2.94. The van der Waals surface area contributed by atoms with Gasteiger partial charge < -0.3 is 14.6 Å². The summed E-state index contributed by atoms with van der Waals surface area (Å²) in [4.78, 5) is 1.91. The molecule has 17 heavy (non-hydrogen) atoms. The summed E-state index contributed by atoms with van der Waals surface area (Å²) in [5, 5.41) is 3.69. The largest absolute Gasteiger partial charge is 0.467 e. The van der Waals surface area contributed by atoms with Gasteiger partial charge in [0.05, 0.1) is 36.4 Å². The van der Waals surface area contributed by atoms with Crippen molar-refractivity contribution in [1.29, 1.82) is 0 Å². The molecule has 0 amide bonds. The van der Waals surface area contributed by atoms with Gasteiger partial charge in [-0.25, -0.2) is 8.42 Å². The average molecular weight is 272 g/mol. The minimum atomic E-state index is -2.94. The molecule has 0 bridgehead atoms. The van der Waals surface area contributed by atoms with Crippen molar-refractivity contribution in [2.24, 2.45) is 0 Å². The van der Waals surface area contributed by atoms with Crippen LogP contribution in [0.25, 0.3) is 0 Å². The lowest BCUT2D eigenvalue weighted by Crippen LogP contribution is -2.36. The maximum absolute atomic E-state index is 11.6. The van der Waals surface area contributed by atoms with Crippen LogP contribution in [0.3, 0.4) is 0 Å². The molecule has 2 fully saturated rings. The zero-order chi connectivity index (χ0) is 12.0. The molecule has 2 saturated heterocycles. The third-order valence-corrected chi connectivity index (χ3v) is 5.27. The molecule has 2 atom stereocenters. The lowest BCUT2D eigenvalue weighted by molar-refractivity contribution is 0.317. The predicted octanol–water partition coefficient (Wildman–Crippen LogP) is 0.135. The van der Waals surface area contributed by atoms with Gasteiger partial charge in [-0.1, -0.05) is 0 Å². The van der Waals surface area contributed by atoms with E-state index < -0.39 is 9.84 Å². The molecule has 2 aliphatic heterocycles. The molecule has 3 heterocycles. The van der Waals surface area contributed by atoms with Crippen LogP contribution in [0.4, 0.5) is 0 Å². The van der Waals surface area contributed by atoms with E-state index in [0.29, 0.717) is 11.7 Å². The van der Waals surface area contributed by atoms with E-state index in [2.05, 4.69) is 5.32 Å². The van der Waals surface area contributed by atoms with E-state index in [1.165, 1.54) is 0 Å². The zero-order valence-electron chi connectivity index (χ0n) is 9.00. The molecule has 7 heteroatoms. The van der Waals surface area contributed by atoms with Crippen molar-refractivity contribution in [2.75, 3.05) is 11.5 Å². The molecule has 0 aromatic carbocycles. The highest BCUT2D eigenvalue weighted by Crippen LogP contribution is 2.25. The summed E-state index contributed by atoms with van der Waals surface area (Å²) in [5.74, 6) is 1.14. The Hall–Kier alpha value is -1.08. The first-order valence-electron chi connectivity index (χ1n) is 5.35. The molecule has 1 N–H and O–H groups in total. The summed E-state index contributed by atoms with van der Waals surface area (Å²) >= 11 is 5.22. The molecule has 0 saturated carbocycles. The van der Waals surface area contributed by atoms with E-state index in [0.717, 1.165) is 5.76 Å². The van der Waals surface area contributed by atoms with Crippen LogP contribution in [0, 0.1) is 0 Å². The van der Waals surface area contributed by atoms with Crippen molar-refractivity contribution < 1.29 is 12.8 Å². The summed E-state index contributed by atoms with van der Waals surface area (Å²) in [6.07, 6.45) is 1.60. The van der Waals surface area contributed by atoms with Crippen LogP contribution in [0.5, 0.6) is 0 Å². The molecular weight excluding hydrogens is 260 g/mol. The van der Waals surface area contributed by atoms with Crippen LogP contribution >= 0.6 is 12.2 Å². The highest BCUT2D eigenvalue weighted by molar-refractivity contribution is 7.91. The van der Waals surface area contributed by atoms with Gasteiger partial charge in [0.2, 0.25) is 0 Å². The number of furan rings is 1. The van der Waals surface area contributed by atoms with Gasteiger partial charge in [-0.3, -0.25) is 0 Å². The van der Waals surface area contributed by atoms with Crippen LogP contribution in [-0.2, 0) is 16.4 Å². The molecule has 3 rings (SSSR count). The Bertz CT molecular complexity index is 538. The van der Waals surface area contributed by atoms with E-state index in [4.69, 9.17) is 16.6 Å². The first-order chi connectivity index (χ1) is 8.05. The SMILES string of the molecule is O=S1(=O)CC2NC(=S)N(Cc3ccco3)C2C1. The Morgan fingerprint density at radius 2 is 2.35 bits per heavy atom. The first-order valence-corrected chi connectivity index (χ1v) is 7.58. The Morgan fingerprint density at radius 3 is 3.06 bits per heavy atom. The van der Waals surface area contributed by atoms with Crippen LogP contribution in [0.15, 0.2) is 22.8 Å². The number of nitrogens with zero attached hydrogens (tertiary/aromatic N) is 1. The number of hydrogen-bond acceptors (Lipinski definition) is 4. The van der Waals surface area contributed by atoms with Gasteiger partial charge >= 0.3 is 0 Å². The quantitative estimate of drug-likeness (QED) is 0.773. The third kappa shape index (κ3) is 1.93. The van der Waals surface area contributed by atoms with Crippen molar-refractivity contribution in [3.05, 3.63) is 24.2 Å². The Balaban J connectivity index is 1.82. The molecule has 5 nitrogen and oxygen atoms in total. The lowest BCUT2D eigenvalue weighted by atomic mass is 10.2. The Morgan fingerprint density at radius 1 is 1.53 bits per heavy atom. The standard InChI is InChI=1S/C10H12N2O3S2/c13-17(14)5-8-9(6-17)12(10(16)11-8)4-7-2-1-3-15-7/h1-3,8-9H,4-6H2,(H,11,16). The first kappa shape index (κ1) is 11.0. The van der Waals surface area contributed by atoms with Gasteiger partial charge in [0, 0.05) is 0 Å². The smallest absolute Gasteiger partial charge is 0.170 e. The van der Waals surface area contributed by atoms with E-state index >= 15 is 0 Å². The van der Waals surface area contributed by atoms with E-state index in [-0.39, 0.29) is 23.6 Å².